The summed E-state index contributed by atoms with van der Waals surface area (Å²) in [7, 11) is 0. The van der Waals surface area contributed by atoms with Crippen molar-refractivity contribution in [1.29, 1.82) is 0 Å². The topological polar surface area (TPSA) is 55.3 Å². The Kier molecular flexibility index (Phi) is 3.69. The van der Waals surface area contributed by atoms with Crippen LogP contribution in [0.5, 0.6) is 0 Å². The summed E-state index contributed by atoms with van der Waals surface area (Å²) in [5.41, 5.74) is 0.225. The van der Waals surface area contributed by atoms with Crippen molar-refractivity contribution in [3.8, 4) is 0 Å². The van der Waals surface area contributed by atoms with Gasteiger partial charge in [-0.15, -0.1) is 0 Å². The van der Waals surface area contributed by atoms with Crippen LogP contribution in [0.25, 0.3) is 0 Å². The average Bonchev–Trinajstić information content (AvgIpc) is 2.62. The van der Waals surface area contributed by atoms with Gasteiger partial charge in [0.25, 0.3) is 0 Å². The van der Waals surface area contributed by atoms with E-state index in [1.54, 1.807) is 12.4 Å². The van der Waals surface area contributed by atoms with Gasteiger partial charge in [0, 0.05) is 25.0 Å². The Morgan fingerprint density at radius 3 is 2.76 bits per heavy atom. The summed E-state index contributed by atoms with van der Waals surface area (Å²) in [6, 6.07) is 0.210. The van der Waals surface area contributed by atoms with Gasteiger partial charge in [0.05, 0.1) is 17.2 Å². The lowest BCUT2D eigenvalue weighted by atomic mass is 9.86. The smallest absolute Gasteiger partial charge is 0.240 e. The van der Waals surface area contributed by atoms with E-state index in [4.69, 9.17) is 4.74 Å². The zero-order chi connectivity index (χ0) is 15.0. The van der Waals surface area contributed by atoms with E-state index in [1.807, 2.05) is 18.7 Å². The lowest BCUT2D eigenvalue weighted by Crippen LogP contribution is -2.52. The van der Waals surface area contributed by atoms with Crippen molar-refractivity contribution >= 4 is 11.7 Å². The van der Waals surface area contributed by atoms with E-state index in [2.05, 4.69) is 16.9 Å². The molecule has 0 N–H and O–H groups in total. The van der Waals surface area contributed by atoms with Crippen LogP contribution < -0.4 is 4.90 Å². The largest absolute Gasteiger partial charge is 0.378 e. The van der Waals surface area contributed by atoms with Crippen molar-refractivity contribution in [2.75, 3.05) is 11.5 Å². The highest BCUT2D eigenvalue weighted by Gasteiger charge is 2.51. The van der Waals surface area contributed by atoms with Crippen molar-refractivity contribution in [1.82, 2.24) is 9.97 Å². The molecule has 0 aromatic carbocycles. The first-order chi connectivity index (χ1) is 10.1. The normalized spacial score (nSPS) is 26.6. The van der Waals surface area contributed by atoms with E-state index < -0.39 is 5.41 Å². The van der Waals surface area contributed by atoms with E-state index >= 15 is 0 Å². The van der Waals surface area contributed by atoms with Gasteiger partial charge in [-0.2, -0.15) is 0 Å². The maximum Gasteiger partial charge on any atom is 0.240 e. The van der Waals surface area contributed by atoms with Crippen molar-refractivity contribution in [2.45, 2.75) is 64.0 Å². The summed E-state index contributed by atoms with van der Waals surface area (Å²) in [5, 5.41) is 0. The Morgan fingerprint density at radius 2 is 2.05 bits per heavy atom. The van der Waals surface area contributed by atoms with Crippen molar-refractivity contribution in [3.05, 3.63) is 18.1 Å². The monoisotopic (exact) mass is 289 g/mol. The highest BCUT2D eigenvalue weighted by molar-refractivity contribution is 6.06. The van der Waals surface area contributed by atoms with Crippen LogP contribution in [-0.4, -0.2) is 34.6 Å². The van der Waals surface area contributed by atoms with Gasteiger partial charge < -0.3 is 4.74 Å². The second-order valence-electron chi connectivity index (χ2n) is 6.50. The summed E-state index contributed by atoms with van der Waals surface area (Å²) < 4.78 is 5.81. The van der Waals surface area contributed by atoms with Gasteiger partial charge in [-0.3, -0.25) is 14.7 Å². The number of fused-ring (bicyclic) bond motifs is 1. The molecule has 0 bridgehead atoms. The SMILES string of the molecule is CCCCO[C@H]1C[C@H](N2C(=O)C(C)(C)c3nccnc32)C1. The molecule has 1 aromatic rings. The molecule has 2 heterocycles. The number of nitrogens with zero attached hydrogens (tertiary/aromatic N) is 3. The molecule has 21 heavy (non-hydrogen) atoms. The number of amides is 1. The second-order valence-corrected chi connectivity index (χ2v) is 6.50. The van der Waals surface area contributed by atoms with Gasteiger partial charge in [0.15, 0.2) is 5.82 Å². The molecular weight excluding hydrogens is 266 g/mol. The number of carbonyl (C=O) groups excluding carboxylic acids is 1. The highest BCUT2D eigenvalue weighted by Crippen LogP contribution is 2.43. The zero-order valence-corrected chi connectivity index (χ0v) is 13.0. The maximum absolute atomic E-state index is 12.7. The number of hydrogen-bond donors (Lipinski definition) is 0. The van der Waals surface area contributed by atoms with Gasteiger partial charge in [0.2, 0.25) is 5.91 Å². The molecule has 0 spiro atoms. The Morgan fingerprint density at radius 1 is 1.33 bits per heavy atom. The van der Waals surface area contributed by atoms with E-state index in [0.717, 1.165) is 43.8 Å². The summed E-state index contributed by atoms with van der Waals surface area (Å²) >= 11 is 0. The molecule has 0 atom stereocenters. The van der Waals surface area contributed by atoms with Crippen LogP contribution >= 0.6 is 0 Å². The molecular formula is C16H23N3O2. The Bertz CT molecular complexity index is 538. The molecule has 0 unspecified atom stereocenters. The Hall–Kier alpha value is -1.49. The number of anilines is 1. The molecule has 1 aliphatic carbocycles. The fraction of sp³-hybridized carbons (Fsp3) is 0.688. The van der Waals surface area contributed by atoms with Gasteiger partial charge in [-0.1, -0.05) is 13.3 Å². The van der Waals surface area contributed by atoms with Gasteiger partial charge in [0.1, 0.15) is 0 Å². The van der Waals surface area contributed by atoms with Crippen molar-refractivity contribution in [3.63, 3.8) is 0 Å². The predicted molar refractivity (Wildman–Crippen MR) is 80.2 cm³/mol. The van der Waals surface area contributed by atoms with E-state index in [0.29, 0.717) is 0 Å². The standard InChI is InChI=1S/C16H23N3O2/c1-4-5-8-21-12-9-11(10-12)19-14-13(17-6-7-18-14)16(2,3)15(19)20/h6-7,11-12H,4-5,8-10H2,1-3H3/t11-,12-. The molecule has 1 amide bonds. The molecule has 5 heteroatoms. The third-order valence-corrected chi connectivity index (χ3v) is 4.54. The molecule has 1 saturated carbocycles. The van der Waals surface area contributed by atoms with E-state index in [1.165, 1.54) is 0 Å². The minimum atomic E-state index is -0.572. The second kappa shape index (κ2) is 5.37. The third kappa shape index (κ3) is 2.33. The van der Waals surface area contributed by atoms with Crippen LogP contribution in [0.15, 0.2) is 12.4 Å². The maximum atomic E-state index is 12.7. The third-order valence-electron chi connectivity index (χ3n) is 4.54. The van der Waals surface area contributed by atoms with E-state index in [-0.39, 0.29) is 18.1 Å². The van der Waals surface area contributed by atoms with Crippen molar-refractivity contribution < 1.29 is 9.53 Å². The Balaban J connectivity index is 1.69. The first-order valence-electron chi connectivity index (χ1n) is 7.82. The molecule has 114 valence electrons. The number of rotatable bonds is 5. The fourth-order valence-electron chi connectivity index (χ4n) is 3.06. The van der Waals surface area contributed by atoms with Gasteiger partial charge in [-0.05, 0) is 33.1 Å². The number of carbonyl (C=O) groups is 1. The summed E-state index contributed by atoms with van der Waals surface area (Å²) in [6.45, 7) is 6.84. The minimum Gasteiger partial charge on any atom is -0.378 e. The highest BCUT2D eigenvalue weighted by atomic mass is 16.5. The number of ether oxygens (including phenoxy) is 1. The van der Waals surface area contributed by atoms with E-state index in [9.17, 15) is 4.79 Å². The average molecular weight is 289 g/mol. The number of aromatic nitrogens is 2. The van der Waals surface area contributed by atoms with Crippen LogP contribution in [0.2, 0.25) is 0 Å². The molecule has 3 rings (SSSR count). The molecule has 0 radical (unpaired) electrons. The molecule has 1 aromatic heterocycles. The molecule has 0 saturated heterocycles. The van der Waals surface area contributed by atoms with Crippen LogP contribution in [0.3, 0.4) is 0 Å². The first kappa shape index (κ1) is 14.4. The minimum absolute atomic E-state index is 0.112. The van der Waals surface area contributed by atoms with Crippen LogP contribution in [0, 0.1) is 0 Å². The number of hydrogen-bond acceptors (Lipinski definition) is 4. The van der Waals surface area contributed by atoms with Crippen LogP contribution in [-0.2, 0) is 14.9 Å². The Labute approximate surface area is 125 Å². The fourth-order valence-corrected chi connectivity index (χ4v) is 3.06. The molecule has 1 fully saturated rings. The molecule has 5 nitrogen and oxygen atoms in total. The van der Waals surface area contributed by atoms with Crippen LogP contribution in [0.1, 0.15) is 52.1 Å². The molecule has 2 aliphatic rings. The lowest BCUT2D eigenvalue weighted by molar-refractivity contribution is -0.123. The van der Waals surface area contributed by atoms with Gasteiger partial charge in [-0.25, -0.2) is 4.98 Å². The summed E-state index contributed by atoms with van der Waals surface area (Å²) in [4.78, 5) is 23.3. The first-order valence-corrected chi connectivity index (χ1v) is 7.82. The van der Waals surface area contributed by atoms with Crippen molar-refractivity contribution in [2.24, 2.45) is 0 Å². The quantitative estimate of drug-likeness (QED) is 0.781. The predicted octanol–water partition coefficient (Wildman–Crippen LogP) is 2.45. The van der Waals surface area contributed by atoms with Gasteiger partial charge >= 0.3 is 0 Å². The van der Waals surface area contributed by atoms with Crippen LogP contribution in [0.4, 0.5) is 5.82 Å². The summed E-state index contributed by atoms with van der Waals surface area (Å²) in [5.74, 6) is 0.852. The zero-order valence-electron chi connectivity index (χ0n) is 13.0. The molecule has 1 aliphatic heterocycles. The summed E-state index contributed by atoms with van der Waals surface area (Å²) in [6.07, 6.45) is 7.67. The lowest BCUT2D eigenvalue weighted by Gasteiger charge is -2.41. The number of unbranched alkanes of at least 4 members (excludes halogenated alkanes) is 1.